The van der Waals surface area contributed by atoms with Crippen LogP contribution in [0.2, 0.25) is 0 Å². The van der Waals surface area contributed by atoms with Crippen LogP contribution in [0.25, 0.3) is 39.2 Å². The van der Waals surface area contributed by atoms with Crippen molar-refractivity contribution in [2.45, 2.75) is 26.7 Å². The van der Waals surface area contributed by atoms with Crippen molar-refractivity contribution in [3.8, 4) is 22.6 Å². The molecular formula is C32H26Br2N2. The number of fused-ring (bicyclic) bond motifs is 1. The van der Waals surface area contributed by atoms with E-state index in [0.29, 0.717) is 0 Å². The lowest BCUT2D eigenvalue weighted by molar-refractivity contribution is 0.956. The smallest absolute Gasteiger partial charge is 0.0724 e. The summed E-state index contributed by atoms with van der Waals surface area (Å²) in [5.74, 6) is 0. The summed E-state index contributed by atoms with van der Waals surface area (Å²) in [7, 11) is 0. The van der Waals surface area contributed by atoms with E-state index >= 15 is 0 Å². The maximum Gasteiger partial charge on any atom is 0.0724 e. The number of allylic oxidation sites excluding steroid dienone is 4. The standard InChI is InChI=1S/C32H26Br2N2/c1-21-3-7-23(8-4-21)29-19-31-32(35(29)27-15-11-25(33)12-16-27)20-30(24-9-5-22(2)6-10-24)36(31)28-17-13-26(34)14-18-28/h3-5,7-9,11-20H,6,10H2,1-2H3. The van der Waals surface area contributed by atoms with E-state index in [1.54, 1.807) is 0 Å². The van der Waals surface area contributed by atoms with Crippen LogP contribution in [0.3, 0.4) is 0 Å². The summed E-state index contributed by atoms with van der Waals surface area (Å²) in [6, 6.07) is 30.8. The van der Waals surface area contributed by atoms with Crippen molar-refractivity contribution in [3.63, 3.8) is 0 Å². The molecule has 0 spiro atoms. The van der Waals surface area contributed by atoms with Gasteiger partial charge in [0.1, 0.15) is 0 Å². The third kappa shape index (κ3) is 4.23. The lowest BCUT2D eigenvalue weighted by Crippen LogP contribution is -2.01. The van der Waals surface area contributed by atoms with E-state index in [1.165, 1.54) is 50.4 Å². The third-order valence-electron chi connectivity index (χ3n) is 6.98. The van der Waals surface area contributed by atoms with Crippen LogP contribution in [0.15, 0.2) is 112 Å². The van der Waals surface area contributed by atoms with Crippen LogP contribution >= 0.6 is 31.9 Å². The number of rotatable bonds is 4. The van der Waals surface area contributed by atoms with E-state index < -0.39 is 0 Å². The minimum Gasteiger partial charge on any atom is -0.308 e. The Balaban J connectivity index is 1.68. The van der Waals surface area contributed by atoms with Crippen molar-refractivity contribution in [2.75, 3.05) is 0 Å². The molecule has 0 radical (unpaired) electrons. The van der Waals surface area contributed by atoms with Gasteiger partial charge in [-0.1, -0.05) is 79.4 Å². The Bertz CT molecular complexity index is 1630. The van der Waals surface area contributed by atoms with Crippen LogP contribution < -0.4 is 0 Å². The molecule has 0 saturated carbocycles. The molecule has 0 N–H and O–H groups in total. The van der Waals surface area contributed by atoms with Gasteiger partial charge in [0.25, 0.3) is 0 Å². The molecule has 5 aromatic rings. The minimum absolute atomic E-state index is 1.05. The van der Waals surface area contributed by atoms with Gasteiger partial charge in [-0.2, -0.15) is 0 Å². The van der Waals surface area contributed by atoms with E-state index in [2.05, 4.69) is 152 Å². The molecule has 4 heteroatoms. The average molecular weight is 598 g/mol. The molecule has 1 aliphatic carbocycles. The fourth-order valence-corrected chi connectivity index (χ4v) is 5.55. The number of halogens is 2. The molecule has 2 nitrogen and oxygen atoms in total. The summed E-state index contributed by atoms with van der Waals surface area (Å²) in [5.41, 5.74) is 12.5. The number of benzene rings is 3. The highest BCUT2D eigenvalue weighted by Crippen LogP contribution is 2.39. The van der Waals surface area contributed by atoms with Gasteiger partial charge >= 0.3 is 0 Å². The van der Waals surface area contributed by atoms with E-state index in [4.69, 9.17) is 0 Å². The predicted octanol–water partition coefficient (Wildman–Crippen LogP) is 10.0. The molecule has 0 saturated heterocycles. The van der Waals surface area contributed by atoms with Gasteiger partial charge in [0, 0.05) is 20.3 Å². The van der Waals surface area contributed by atoms with Gasteiger partial charge in [0.15, 0.2) is 0 Å². The molecule has 0 fully saturated rings. The van der Waals surface area contributed by atoms with Crippen LogP contribution in [-0.4, -0.2) is 9.13 Å². The highest BCUT2D eigenvalue weighted by molar-refractivity contribution is 9.10. The molecule has 178 valence electrons. The average Bonchev–Trinajstić information content (AvgIpc) is 3.43. The topological polar surface area (TPSA) is 9.86 Å². The second-order valence-electron chi connectivity index (χ2n) is 9.52. The summed E-state index contributed by atoms with van der Waals surface area (Å²) in [5, 5.41) is 0. The van der Waals surface area contributed by atoms with Crippen molar-refractivity contribution >= 4 is 48.5 Å². The van der Waals surface area contributed by atoms with Crippen LogP contribution in [0.5, 0.6) is 0 Å². The zero-order chi connectivity index (χ0) is 24.8. The highest BCUT2D eigenvalue weighted by Gasteiger charge is 2.22. The van der Waals surface area contributed by atoms with Gasteiger partial charge < -0.3 is 9.13 Å². The zero-order valence-corrected chi connectivity index (χ0v) is 23.5. The Morgan fingerprint density at radius 2 is 1.11 bits per heavy atom. The van der Waals surface area contributed by atoms with Crippen molar-refractivity contribution in [1.29, 1.82) is 0 Å². The SMILES string of the molecule is CC1=CC=C(c2cc3c(cc(-c4ccc(C)cc4)n3-c3ccc(Br)cc3)n2-c2ccc(Br)cc2)CC1. The van der Waals surface area contributed by atoms with Crippen molar-refractivity contribution in [3.05, 3.63) is 123 Å². The van der Waals surface area contributed by atoms with E-state index in [0.717, 1.165) is 27.5 Å². The number of hydrogen-bond acceptors (Lipinski definition) is 0. The molecule has 1 aliphatic rings. The van der Waals surface area contributed by atoms with Crippen LogP contribution in [0.1, 0.15) is 31.0 Å². The number of hydrogen-bond donors (Lipinski definition) is 0. The first-order chi connectivity index (χ1) is 17.5. The van der Waals surface area contributed by atoms with Gasteiger partial charge in [-0.25, -0.2) is 0 Å². The quantitative estimate of drug-likeness (QED) is 0.195. The summed E-state index contributed by atoms with van der Waals surface area (Å²) in [4.78, 5) is 0. The lowest BCUT2D eigenvalue weighted by atomic mass is 9.97. The number of nitrogens with zero attached hydrogens (tertiary/aromatic N) is 2. The normalized spacial score (nSPS) is 13.7. The van der Waals surface area contributed by atoms with Gasteiger partial charge in [0.2, 0.25) is 0 Å². The van der Waals surface area contributed by atoms with Crippen molar-refractivity contribution < 1.29 is 0 Å². The summed E-state index contributed by atoms with van der Waals surface area (Å²) in [6.45, 7) is 4.35. The Hall–Kier alpha value is -3.08. The third-order valence-corrected chi connectivity index (χ3v) is 8.03. The molecule has 2 aromatic heterocycles. The molecule has 3 aromatic carbocycles. The Labute approximate surface area is 228 Å². The van der Waals surface area contributed by atoms with Crippen LogP contribution in [-0.2, 0) is 0 Å². The van der Waals surface area contributed by atoms with E-state index in [1.807, 2.05) is 0 Å². The first kappa shape index (κ1) is 23.3. The van der Waals surface area contributed by atoms with Gasteiger partial charge in [-0.3, -0.25) is 0 Å². The summed E-state index contributed by atoms with van der Waals surface area (Å²) in [6.07, 6.45) is 6.72. The second-order valence-corrected chi connectivity index (χ2v) is 11.4. The van der Waals surface area contributed by atoms with Crippen LogP contribution in [0, 0.1) is 6.92 Å². The van der Waals surface area contributed by atoms with Gasteiger partial charge in [-0.05, 0) is 98.5 Å². The summed E-state index contributed by atoms with van der Waals surface area (Å²) < 4.78 is 6.99. The maximum absolute atomic E-state index is 3.61. The first-order valence-corrected chi connectivity index (χ1v) is 13.8. The summed E-state index contributed by atoms with van der Waals surface area (Å²) >= 11 is 7.22. The lowest BCUT2D eigenvalue weighted by Gasteiger charge is -2.16. The Morgan fingerprint density at radius 3 is 1.64 bits per heavy atom. The first-order valence-electron chi connectivity index (χ1n) is 12.2. The molecule has 36 heavy (non-hydrogen) atoms. The Morgan fingerprint density at radius 1 is 0.583 bits per heavy atom. The van der Waals surface area contributed by atoms with Gasteiger partial charge in [0.05, 0.1) is 22.4 Å². The predicted molar refractivity (Wildman–Crippen MR) is 159 cm³/mol. The number of aryl methyl sites for hydroxylation is 1. The molecule has 6 rings (SSSR count). The maximum atomic E-state index is 3.61. The molecule has 0 bridgehead atoms. The van der Waals surface area contributed by atoms with Crippen molar-refractivity contribution in [1.82, 2.24) is 9.13 Å². The largest absolute Gasteiger partial charge is 0.308 e. The fourth-order valence-electron chi connectivity index (χ4n) is 5.02. The second kappa shape index (κ2) is 9.42. The van der Waals surface area contributed by atoms with Crippen molar-refractivity contribution in [2.24, 2.45) is 0 Å². The van der Waals surface area contributed by atoms with Gasteiger partial charge in [-0.15, -0.1) is 0 Å². The molecule has 0 unspecified atom stereocenters. The molecule has 0 aliphatic heterocycles. The highest BCUT2D eigenvalue weighted by atomic mass is 79.9. The fraction of sp³-hybridized carbons (Fsp3) is 0.125. The Kier molecular flexibility index (Phi) is 6.10. The minimum atomic E-state index is 1.05. The molecule has 2 heterocycles. The molecule has 0 atom stereocenters. The molecular weight excluding hydrogens is 572 g/mol. The zero-order valence-electron chi connectivity index (χ0n) is 20.3. The van der Waals surface area contributed by atoms with Crippen LogP contribution in [0.4, 0.5) is 0 Å². The van der Waals surface area contributed by atoms with E-state index in [9.17, 15) is 0 Å². The molecule has 0 amide bonds. The number of aromatic nitrogens is 2. The van der Waals surface area contributed by atoms with E-state index in [-0.39, 0.29) is 0 Å². The monoisotopic (exact) mass is 596 g/mol.